The van der Waals surface area contributed by atoms with Crippen molar-refractivity contribution in [2.75, 3.05) is 24.7 Å². The third-order valence-corrected chi connectivity index (χ3v) is 3.72. The number of hydrogen-bond acceptors (Lipinski definition) is 4. The Morgan fingerprint density at radius 3 is 2.83 bits per heavy atom. The molecule has 0 atom stereocenters. The maximum atomic E-state index is 8.73. The van der Waals surface area contributed by atoms with Gasteiger partial charge < -0.3 is 15.8 Å². The van der Waals surface area contributed by atoms with Gasteiger partial charge in [0.15, 0.2) is 0 Å². The average Bonchev–Trinajstić information content (AvgIpc) is 2.32. The molecule has 1 saturated carbocycles. The van der Waals surface area contributed by atoms with E-state index >= 15 is 0 Å². The van der Waals surface area contributed by atoms with Crippen LogP contribution in [0.3, 0.4) is 0 Å². The number of nitrogens with two attached hydrogens (primary N) is 1. The standard InChI is InChI=1S/C14H19N3O/c1-18-14(6-2-7-14)10-17-12-3-4-13(16)11(9-12)5-8-15/h3-4,9,17H,2,5-7,10,16H2,1H3. The fraction of sp³-hybridized carbons (Fsp3) is 0.500. The van der Waals surface area contributed by atoms with Crippen LogP contribution >= 0.6 is 0 Å². The highest BCUT2D eigenvalue weighted by molar-refractivity contribution is 5.58. The number of nitrogens with one attached hydrogen (secondary N) is 1. The highest BCUT2D eigenvalue weighted by Gasteiger charge is 2.36. The summed E-state index contributed by atoms with van der Waals surface area (Å²) in [7, 11) is 1.77. The SMILES string of the molecule is COC1(CNc2ccc(N)c(CC#N)c2)CCC1. The molecule has 0 unspecified atom stereocenters. The molecule has 4 nitrogen and oxygen atoms in total. The largest absolute Gasteiger partial charge is 0.398 e. The molecular weight excluding hydrogens is 226 g/mol. The smallest absolute Gasteiger partial charge is 0.0850 e. The summed E-state index contributed by atoms with van der Waals surface area (Å²) >= 11 is 0. The molecule has 0 saturated heterocycles. The summed E-state index contributed by atoms with van der Waals surface area (Å²) in [6.07, 6.45) is 3.79. The van der Waals surface area contributed by atoms with E-state index in [1.807, 2.05) is 18.2 Å². The minimum Gasteiger partial charge on any atom is -0.398 e. The molecule has 0 spiro atoms. The average molecular weight is 245 g/mol. The normalized spacial score (nSPS) is 16.7. The summed E-state index contributed by atoms with van der Waals surface area (Å²) in [6, 6.07) is 7.86. The molecule has 3 N–H and O–H groups in total. The van der Waals surface area contributed by atoms with Crippen LogP contribution in [0.1, 0.15) is 24.8 Å². The van der Waals surface area contributed by atoms with E-state index in [0.717, 1.165) is 30.6 Å². The first-order chi connectivity index (χ1) is 8.69. The van der Waals surface area contributed by atoms with E-state index < -0.39 is 0 Å². The van der Waals surface area contributed by atoms with Gasteiger partial charge in [-0.15, -0.1) is 0 Å². The molecule has 0 aromatic heterocycles. The van der Waals surface area contributed by atoms with Gasteiger partial charge in [0.05, 0.1) is 18.1 Å². The second-order valence-electron chi connectivity index (χ2n) is 4.84. The summed E-state index contributed by atoms with van der Waals surface area (Å²) in [5.74, 6) is 0. The van der Waals surface area contributed by atoms with E-state index in [2.05, 4.69) is 11.4 Å². The second kappa shape index (κ2) is 5.28. The van der Waals surface area contributed by atoms with Gasteiger partial charge in [0.2, 0.25) is 0 Å². The molecule has 96 valence electrons. The fourth-order valence-electron chi connectivity index (χ4n) is 2.24. The Hall–Kier alpha value is -1.73. The molecule has 0 heterocycles. The minimum atomic E-state index is -0.00320. The minimum absolute atomic E-state index is 0.00320. The number of methoxy groups -OCH3 is 1. The van der Waals surface area contributed by atoms with E-state index in [-0.39, 0.29) is 5.60 Å². The second-order valence-corrected chi connectivity index (χ2v) is 4.84. The lowest BCUT2D eigenvalue weighted by Gasteiger charge is -2.40. The van der Waals surface area contributed by atoms with Crippen molar-refractivity contribution in [2.45, 2.75) is 31.3 Å². The summed E-state index contributed by atoms with van der Waals surface area (Å²) in [5.41, 5.74) is 8.36. The maximum absolute atomic E-state index is 8.73. The van der Waals surface area contributed by atoms with Gasteiger partial charge in [-0.1, -0.05) is 0 Å². The Morgan fingerprint density at radius 2 is 2.28 bits per heavy atom. The lowest BCUT2D eigenvalue weighted by Crippen LogP contribution is -2.45. The highest BCUT2D eigenvalue weighted by atomic mass is 16.5. The van der Waals surface area contributed by atoms with Crippen molar-refractivity contribution in [1.29, 1.82) is 5.26 Å². The van der Waals surface area contributed by atoms with Gasteiger partial charge in [0.25, 0.3) is 0 Å². The lowest BCUT2D eigenvalue weighted by molar-refractivity contribution is -0.0601. The molecule has 1 aromatic rings. The van der Waals surface area contributed by atoms with Crippen LogP contribution in [-0.4, -0.2) is 19.3 Å². The summed E-state index contributed by atoms with van der Waals surface area (Å²) in [6.45, 7) is 0.805. The molecule has 4 heteroatoms. The van der Waals surface area contributed by atoms with E-state index in [1.165, 1.54) is 6.42 Å². The van der Waals surface area contributed by atoms with Gasteiger partial charge in [-0.2, -0.15) is 5.26 Å². The van der Waals surface area contributed by atoms with Crippen LogP contribution in [0.25, 0.3) is 0 Å². The van der Waals surface area contributed by atoms with Crippen molar-refractivity contribution in [3.63, 3.8) is 0 Å². The van der Waals surface area contributed by atoms with Gasteiger partial charge in [-0.05, 0) is 43.0 Å². The quantitative estimate of drug-likeness (QED) is 0.781. The first-order valence-corrected chi connectivity index (χ1v) is 6.23. The number of rotatable bonds is 5. The molecule has 0 amide bonds. The number of nitriles is 1. The predicted molar refractivity (Wildman–Crippen MR) is 72.3 cm³/mol. The van der Waals surface area contributed by atoms with Crippen LogP contribution in [0.4, 0.5) is 11.4 Å². The zero-order chi connectivity index (χ0) is 13.0. The Bertz CT molecular complexity index is 455. The van der Waals surface area contributed by atoms with E-state index in [4.69, 9.17) is 15.7 Å². The van der Waals surface area contributed by atoms with Gasteiger partial charge in [0.1, 0.15) is 0 Å². The molecule has 1 aliphatic carbocycles. The Morgan fingerprint density at radius 1 is 1.50 bits per heavy atom. The molecule has 0 radical (unpaired) electrons. The van der Waals surface area contributed by atoms with E-state index in [1.54, 1.807) is 7.11 Å². The maximum Gasteiger partial charge on any atom is 0.0850 e. The van der Waals surface area contributed by atoms with Crippen molar-refractivity contribution in [2.24, 2.45) is 0 Å². The van der Waals surface area contributed by atoms with Crippen molar-refractivity contribution in [3.05, 3.63) is 23.8 Å². The molecule has 2 rings (SSSR count). The third-order valence-electron chi connectivity index (χ3n) is 3.72. The lowest BCUT2D eigenvalue weighted by atomic mass is 9.80. The van der Waals surface area contributed by atoms with Crippen molar-refractivity contribution < 1.29 is 4.74 Å². The van der Waals surface area contributed by atoms with Gasteiger partial charge in [-0.3, -0.25) is 0 Å². The van der Waals surface area contributed by atoms with Crippen molar-refractivity contribution in [3.8, 4) is 6.07 Å². The van der Waals surface area contributed by atoms with Crippen LogP contribution in [0.2, 0.25) is 0 Å². The number of hydrogen-bond donors (Lipinski definition) is 2. The van der Waals surface area contributed by atoms with E-state index in [9.17, 15) is 0 Å². The Kier molecular flexibility index (Phi) is 3.73. The van der Waals surface area contributed by atoms with Gasteiger partial charge in [-0.25, -0.2) is 0 Å². The molecule has 0 bridgehead atoms. The van der Waals surface area contributed by atoms with Crippen LogP contribution in [-0.2, 0) is 11.2 Å². The van der Waals surface area contributed by atoms with Gasteiger partial charge >= 0.3 is 0 Å². The van der Waals surface area contributed by atoms with Crippen LogP contribution in [0.5, 0.6) is 0 Å². The first-order valence-electron chi connectivity index (χ1n) is 6.23. The van der Waals surface area contributed by atoms with Crippen molar-refractivity contribution >= 4 is 11.4 Å². The Balaban J connectivity index is 2.01. The molecule has 0 aliphatic heterocycles. The molecule has 1 aliphatic rings. The monoisotopic (exact) mass is 245 g/mol. The Labute approximate surface area is 108 Å². The topological polar surface area (TPSA) is 71.1 Å². The number of nitrogens with zero attached hydrogens (tertiary/aromatic N) is 1. The van der Waals surface area contributed by atoms with Gasteiger partial charge in [0, 0.05) is 25.0 Å². The molecule has 1 aromatic carbocycles. The zero-order valence-corrected chi connectivity index (χ0v) is 10.7. The number of benzene rings is 1. The van der Waals surface area contributed by atoms with Crippen molar-refractivity contribution in [1.82, 2.24) is 0 Å². The van der Waals surface area contributed by atoms with Crippen LogP contribution < -0.4 is 11.1 Å². The summed E-state index contributed by atoms with van der Waals surface area (Å²) in [4.78, 5) is 0. The molecular formula is C14H19N3O. The molecule has 18 heavy (non-hydrogen) atoms. The number of ether oxygens (including phenoxy) is 1. The number of anilines is 2. The number of nitrogen functional groups attached to an aromatic ring is 1. The molecule has 1 fully saturated rings. The van der Waals surface area contributed by atoms with E-state index in [0.29, 0.717) is 12.1 Å². The third kappa shape index (κ3) is 2.57. The van der Waals surface area contributed by atoms with Crippen LogP contribution in [0, 0.1) is 11.3 Å². The fourth-order valence-corrected chi connectivity index (χ4v) is 2.24. The predicted octanol–water partition coefficient (Wildman–Crippen LogP) is 2.32. The zero-order valence-electron chi connectivity index (χ0n) is 10.7. The summed E-state index contributed by atoms with van der Waals surface area (Å²) < 4.78 is 5.56. The first kappa shape index (κ1) is 12.7. The van der Waals surface area contributed by atoms with Crippen LogP contribution in [0.15, 0.2) is 18.2 Å². The highest BCUT2D eigenvalue weighted by Crippen LogP contribution is 2.35. The summed E-state index contributed by atoms with van der Waals surface area (Å²) in [5, 5.41) is 12.1.